The molecule has 4 aromatic rings. The van der Waals surface area contributed by atoms with Crippen LogP contribution >= 0.6 is 11.3 Å². The lowest BCUT2D eigenvalue weighted by Crippen LogP contribution is -2.49. The molecule has 1 aliphatic rings. The number of sulfonamides is 1. The number of piperazine rings is 1. The molecule has 0 radical (unpaired) electrons. The lowest BCUT2D eigenvalue weighted by Gasteiger charge is -2.35. The summed E-state index contributed by atoms with van der Waals surface area (Å²) in [6, 6.07) is 12.3. The minimum atomic E-state index is -3.67. The van der Waals surface area contributed by atoms with Crippen LogP contribution in [0.3, 0.4) is 0 Å². The van der Waals surface area contributed by atoms with Gasteiger partial charge < -0.3 is 4.90 Å². The van der Waals surface area contributed by atoms with Crippen LogP contribution in [0.5, 0.6) is 0 Å². The number of hydrogen-bond donors (Lipinski definition) is 0. The molecule has 2 aromatic heterocycles. The van der Waals surface area contributed by atoms with Gasteiger partial charge in [-0.1, -0.05) is 24.3 Å². The molecule has 5 rings (SSSR count). The van der Waals surface area contributed by atoms with Crippen LogP contribution in [0.1, 0.15) is 17.3 Å². The summed E-state index contributed by atoms with van der Waals surface area (Å²) in [7, 11) is -3.67. The smallest absolute Gasteiger partial charge is 0.243 e. The molecule has 2 aromatic carbocycles. The number of fused-ring (bicyclic) bond motifs is 1. The average molecular weight is 497 g/mol. The zero-order valence-corrected chi connectivity index (χ0v) is 19.9. The number of anilines is 1. The molecule has 0 aliphatic carbocycles. The maximum absolute atomic E-state index is 13.4. The van der Waals surface area contributed by atoms with Gasteiger partial charge in [-0.15, -0.1) is 11.3 Å². The molecule has 0 unspecified atom stereocenters. The summed E-state index contributed by atoms with van der Waals surface area (Å²) >= 11 is 1.49. The third-order valence-corrected chi connectivity index (χ3v) is 8.74. The molecule has 1 fully saturated rings. The quantitative estimate of drug-likeness (QED) is 0.385. The summed E-state index contributed by atoms with van der Waals surface area (Å²) in [5, 5.41) is 2.87. The van der Waals surface area contributed by atoms with Gasteiger partial charge in [-0.05, 0) is 36.8 Å². The molecule has 1 saturated heterocycles. The monoisotopic (exact) mass is 496 g/mol. The Morgan fingerprint density at radius 2 is 1.65 bits per heavy atom. The Hall–Kier alpha value is -3.21. The van der Waals surface area contributed by atoms with Crippen molar-refractivity contribution in [2.24, 2.45) is 0 Å². The molecule has 0 amide bonds. The largest absolute Gasteiger partial charge is 0.353 e. The standard InChI is InChI=1S/C24H21FN4O3S2/c1-16(30)17-4-8-20(9-5-17)34(31,32)29-12-10-28(11-13-29)23-22-21(14-33-24(22)27-15-26-23)18-2-6-19(25)7-3-18/h2-9,14-15H,10-13H2,1H3. The molecule has 0 N–H and O–H groups in total. The van der Waals surface area contributed by atoms with Crippen molar-refractivity contribution in [2.75, 3.05) is 31.1 Å². The second-order valence-corrected chi connectivity index (χ2v) is 10.8. The highest BCUT2D eigenvalue weighted by Crippen LogP contribution is 2.38. The highest BCUT2D eigenvalue weighted by Gasteiger charge is 2.30. The molecule has 0 atom stereocenters. The van der Waals surface area contributed by atoms with Gasteiger partial charge in [0, 0.05) is 42.7 Å². The maximum atomic E-state index is 13.4. The second-order valence-electron chi connectivity index (χ2n) is 8.01. The van der Waals surface area contributed by atoms with Gasteiger partial charge in [-0.2, -0.15) is 4.31 Å². The number of benzene rings is 2. The molecule has 174 valence electrons. The van der Waals surface area contributed by atoms with Gasteiger partial charge in [0.1, 0.15) is 22.8 Å². The van der Waals surface area contributed by atoms with Crippen molar-refractivity contribution in [3.05, 3.63) is 71.6 Å². The first-order valence-corrected chi connectivity index (χ1v) is 13.0. The van der Waals surface area contributed by atoms with E-state index in [9.17, 15) is 17.6 Å². The number of nitrogens with zero attached hydrogens (tertiary/aromatic N) is 4. The van der Waals surface area contributed by atoms with Crippen molar-refractivity contribution in [1.82, 2.24) is 14.3 Å². The number of Topliss-reactive ketones (excluding diaryl/α,β-unsaturated/α-hetero) is 1. The van der Waals surface area contributed by atoms with E-state index in [4.69, 9.17) is 0 Å². The van der Waals surface area contributed by atoms with Crippen LogP contribution in [0.2, 0.25) is 0 Å². The van der Waals surface area contributed by atoms with E-state index in [0.717, 1.165) is 27.2 Å². The highest BCUT2D eigenvalue weighted by molar-refractivity contribution is 7.89. The van der Waals surface area contributed by atoms with E-state index in [1.807, 2.05) is 5.38 Å². The normalized spacial score (nSPS) is 15.1. The summed E-state index contributed by atoms with van der Waals surface area (Å²) in [5.74, 6) is 0.337. The van der Waals surface area contributed by atoms with Gasteiger partial charge in [0.2, 0.25) is 10.0 Å². The summed E-state index contributed by atoms with van der Waals surface area (Å²) in [5.41, 5.74) is 2.28. The SMILES string of the molecule is CC(=O)c1ccc(S(=O)(=O)N2CCN(c3ncnc4scc(-c5ccc(F)cc5)c34)CC2)cc1. The predicted octanol–water partition coefficient (Wildman–Crippen LogP) is 4.21. The molecule has 34 heavy (non-hydrogen) atoms. The van der Waals surface area contributed by atoms with Crippen LogP contribution in [0.25, 0.3) is 21.3 Å². The van der Waals surface area contributed by atoms with E-state index in [2.05, 4.69) is 14.9 Å². The fourth-order valence-electron chi connectivity index (χ4n) is 4.09. The van der Waals surface area contributed by atoms with E-state index >= 15 is 0 Å². The number of thiophene rings is 1. The van der Waals surface area contributed by atoms with E-state index in [0.29, 0.717) is 31.7 Å². The third kappa shape index (κ3) is 4.08. The molecule has 10 heteroatoms. The van der Waals surface area contributed by atoms with Gasteiger partial charge in [-0.25, -0.2) is 22.8 Å². The van der Waals surface area contributed by atoms with E-state index in [-0.39, 0.29) is 16.5 Å². The van der Waals surface area contributed by atoms with Crippen LogP contribution < -0.4 is 4.90 Å². The van der Waals surface area contributed by atoms with Crippen molar-refractivity contribution < 1.29 is 17.6 Å². The Morgan fingerprint density at radius 1 is 0.971 bits per heavy atom. The third-order valence-electron chi connectivity index (χ3n) is 5.94. The van der Waals surface area contributed by atoms with Crippen molar-refractivity contribution >= 4 is 43.2 Å². The van der Waals surface area contributed by atoms with Gasteiger partial charge in [0.15, 0.2) is 5.78 Å². The number of aromatic nitrogens is 2. The minimum absolute atomic E-state index is 0.109. The maximum Gasteiger partial charge on any atom is 0.243 e. The van der Waals surface area contributed by atoms with Crippen LogP contribution in [0.4, 0.5) is 10.2 Å². The summed E-state index contributed by atoms with van der Waals surface area (Å²) < 4.78 is 41.1. The number of hydrogen-bond acceptors (Lipinski definition) is 7. The Labute approximate surface area is 200 Å². The first-order valence-electron chi connectivity index (χ1n) is 10.7. The average Bonchev–Trinajstić information content (AvgIpc) is 3.29. The van der Waals surface area contributed by atoms with E-state index in [1.54, 1.807) is 12.1 Å². The molecular formula is C24H21FN4O3S2. The van der Waals surface area contributed by atoms with E-state index in [1.165, 1.54) is 65.3 Å². The van der Waals surface area contributed by atoms with Crippen molar-refractivity contribution in [2.45, 2.75) is 11.8 Å². The Morgan fingerprint density at radius 3 is 2.29 bits per heavy atom. The first-order chi connectivity index (χ1) is 16.3. The zero-order chi connectivity index (χ0) is 23.9. The predicted molar refractivity (Wildman–Crippen MR) is 130 cm³/mol. The molecule has 7 nitrogen and oxygen atoms in total. The number of carbonyl (C=O) groups excluding carboxylic acids is 1. The fourth-order valence-corrected chi connectivity index (χ4v) is 6.42. The summed E-state index contributed by atoms with van der Waals surface area (Å²) in [6.07, 6.45) is 1.52. The number of rotatable bonds is 5. The summed E-state index contributed by atoms with van der Waals surface area (Å²) in [6.45, 7) is 2.99. The number of carbonyl (C=O) groups is 1. The van der Waals surface area contributed by atoms with Crippen molar-refractivity contribution in [3.8, 4) is 11.1 Å². The van der Waals surface area contributed by atoms with Crippen LogP contribution in [0, 0.1) is 5.82 Å². The molecule has 0 saturated carbocycles. The van der Waals surface area contributed by atoms with E-state index < -0.39 is 10.0 Å². The second kappa shape index (κ2) is 8.86. The van der Waals surface area contributed by atoms with Gasteiger partial charge in [-0.3, -0.25) is 4.79 Å². The fraction of sp³-hybridized carbons (Fsp3) is 0.208. The first kappa shape index (κ1) is 22.6. The van der Waals surface area contributed by atoms with Crippen LogP contribution in [-0.2, 0) is 10.0 Å². The molecule has 0 spiro atoms. The summed E-state index contributed by atoms with van der Waals surface area (Å²) in [4.78, 5) is 23.5. The Bertz CT molecular complexity index is 1460. The molecular weight excluding hydrogens is 475 g/mol. The molecule has 3 heterocycles. The van der Waals surface area contributed by atoms with Gasteiger partial charge in [0.25, 0.3) is 0 Å². The Kier molecular flexibility index (Phi) is 5.88. The topological polar surface area (TPSA) is 83.5 Å². The van der Waals surface area contributed by atoms with Crippen LogP contribution in [-0.4, -0.2) is 54.7 Å². The Balaban J connectivity index is 1.39. The minimum Gasteiger partial charge on any atom is -0.353 e. The van der Waals surface area contributed by atoms with Crippen molar-refractivity contribution in [3.63, 3.8) is 0 Å². The van der Waals surface area contributed by atoms with Crippen molar-refractivity contribution in [1.29, 1.82) is 0 Å². The highest BCUT2D eigenvalue weighted by atomic mass is 32.2. The number of ketones is 1. The van der Waals surface area contributed by atoms with Gasteiger partial charge >= 0.3 is 0 Å². The number of halogens is 1. The van der Waals surface area contributed by atoms with Gasteiger partial charge in [0.05, 0.1) is 10.3 Å². The molecule has 0 bridgehead atoms. The zero-order valence-electron chi connectivity index (χ0n) is 18.3. The lowest BCUT2D eigenvalue weighted by molar-refractivity contribution is 0.101. The molecule has 1 aliphatic heterocycles. The van der Waals surface area contributed by atoms with Crippen LogP contribution in [0.15, 0.2) is 65.1 Å². The lowest BCUT2D eigenvalue weighted by atomic mass is 10.1.